The molecule has 1 saturated heterocycles. The van der Waals surface area contributed by atoms with Crippen LogP contribution in [-0.4, -0.2) is 24.6 Å². The molecule has 1 aliphatic rings. The third-order valence-electron chi connectivity index (χ3n) is 2.64. The Bertz CT molecular complexity index is 381. The van der Waals surface area contributed by atoms with Crippen molar-refractivity contribution in [3.05, 3.63) is 34.3 Å². The summed E-state index contributed by atoms with van der Waals surface area (Å²) in [6, 6.07) is 8.08. The maximum Gasteiger partial charge on any atom is 0.410 e. The molecule has 1 atom stereocenters. The largest absolute Gasteiger partial charge is 0.449 e. The molecular formula is C11H12BrNO2. The fourth-order valence-electron chi connectivity index (χ4n) is 1.79. The Morgan fingerprint density at radius 3 is 2.93 bits per heavy atom. The minimum Gasteiger partial charge on any atom is -0.449 e. The van der Waals surface area contributed by atoms with Gasteiger partial charge in [-0.25, -0.2) is 4.79 Å². The van der Waals surface area contributed by atoms with E-state index >= 15 is 0 Å². The van der Waals surface area contributed by atoms with Crippen LogP contribution < -0.4 is 0 Å². The lowest BCUT2D eigenvalue weighted by molar-refractivity contribution is 0.0557. The van der Waals surface area contributed by atoms with Gasteiger partial charge < -0.3 is 9.64 Å². The summed E-state index contributed by atoms with van der Waals surface area (Å²) in [5.74, 6) is 0. The maximum atomic E-state index is 11.4. The molecule has 15 heavy (non-hydrogen) atoms. The number of hydrogen-bond acceptors (Lipinski definition) is 2. The Morgan fingerprint density at radius 1 is 1.47 bits per heavy atom. The summed E-state index contributed by atoms with van der Waals surface area (Å²) in [7, 11) is 1.77. The van der Waals surface area contributed by atoms with Crippen LogP contribution in [-0.2, 0) is 4.74 Å². The van der Waals surface area contributed by atoms with Crippen LogP contribution in [0.4, 0.5) is 4.79 Å². The molecule has 0 aromatic heterocycles. The second-order valence-corrected chi connectivity index (χ2v) is 4.41. The molecule has 1 aliphatic heterocycles. The van der Waals surface area contributed by atoms with Gasteiger partial charge in [-0.15, -0.1) is 0 Å². The summed E-state index contributed by atoms with van der Waals surface area (Å²) < 4.78 is 5.99. The molecule has 1 aromatic rings. The fourth-order valence-corrected chi connectivity index (χ4v) is 2.34. The lowest BCUT2D eigenvalue weighted by atomic mass is 10.0. The van der Waals surface area contributed by atoms with E-state index in [9.17, 15) is 4.79 Å². The predicted molar refractivity (Wildman–Crippen MR) is 60.6 cm³/mol. The number of hydrogen-bond donors (Lipinski definition) is 0. The molecule has 4 heteroatoms. The van der Waals surface area contributed by atoms with Crippen LogP contribution in [0.3, 0.4) is 0 Å². The minimum absolute atomic E-state index is 0.113. The standard InChI is InChI=1S/C11H12BrNO2/c1-13-10(6-7-15-11(13)14)8-4-2-3-5-9(8)12/h2-5,10H,6-7H2,1H3. The van der Waals surface area contributed by atoms with E-state index in [0.717, 1.165) is 16.5 Å². The van der Waals surface area contributed by atoms with Crippen molar-refractivity contribution < 1.29 is 9.53 Å². The first-order valence-corrected chi connectivity index (χ1v) is 5.63. The van der Waals surface area contributed by atoms with E-state index in [1.165, 1.54) is 0 Å². The molecule has 0 saturated carbocycles. The van der Waals surface area contributed by atoms with Crippen molar-refractivity contribution in [2.24, 2.45) is 0 Å². The highest BCUT2D eigenvalue weighted by Crippen LogP contribution is 2.31. The van der Waals surface area contributed by atoms with Gasteiger partial charge in [0, 0.05) is 17.9 Å². The quantitative estimate of drug-likeness (QED) is 0.785. The van der Waals surface area contributed by atoms with Gasteiger partial charge in [0.05, 0.1) is 12.6 Å². The van der Waals surface area contributed by atoms with Crippen molar-refractivity contribution in [1.82, 2.24) is 4.90 Å². The number of ether oxygens (including phenoxy) is 1. The molecule has 0 N–H and O–H groups in total. The molecule has 1 unspecified atom stereocenters. The van der Waals surface area contributed by atoms with E-state index in [1.54, 1.807) is 11.9 Å². The van der Waals surface area contributed by atoms with Gasteiger partial charge in [0.1, 0.15) is 0 Å². The van der Waals surface area contributed by atoms with Gasteiger partial charge in [-0.3, -0.25) is 0 Å². The third kappa shape index (κ3) is 2.00. The highest BCUT2D eigenvalue weighted by Gasteiger charge is 2.28. The van der Waals surface area contributed by atoms with Crippen LogP contribution in [0.25, 0.3) is 0 Å². The van der Waals surface area contributed by atoms with Crippen LogP contribution in [0.15, 0.2) is 28.7 Å². The summed E-state index contributed by atoms with van der Waals surface area (Å²) in [6.07, 6.45) is 0.590. The second kappa shape index (κ2) is 4.23. The molecule has 2 rings (SSSR count). The third-order valence-corrected chi connectivity index (χ3v) is 3.36. The Morgan fingerprint density at radius 2 is 2.20 bits per heavy atom. The van der Waals surface area contributed by atoms with Crippen LogP contribution in [0.1, 0.15) is 18.0 Å². The first-order chi connectivity index (χ1) is 7.20. The Labute approximate surface area is 97.2 Å². The number of nitrogens with zero attached hydrogens (tertiary/aromatic N) is 1. The van der Waals surface area contributed by atoms with Crippen molar-refractivity contribution in [3.63, 3.8) is 0 Å². The highest BCUT2D eigenvalue weighted by molar-refractivity contribution is 9.10. The Balaban J connectivity index is 2.30. The maximum absolute atomic E-state index is 11.4. The van der Waals surface area contributed by atoms with Crippen molar-refractivity contribution >= 4 is 22.0 Å². The van der Waals surface area contributed by atoms with Crippen molar-refractivity contribution in [2.45, 2.75) is 12.5 Å². The molecule has 0 spiro atoms. The number of carbonyl (C=O) groups is 1. The Hall–Kier alpha value is -1.03. The number of cyclic esters (lactones) is 1. The van der Waals surface area contributed by atoms with Crippen LogP contribution >= 0.6 is 15.9 Å². The van der Waals surface area contributed by atoms with Gasteiger partial charge in [-0.2, -0.15) is 0 Å². The smallest absolute Gasteiger partial charge is 0.410 e. The fraction of sp³-hybridized carbons (Fsp3) is 0.364. The summed E-state index contributed by atoms with van der Waals surface area (Å²) in [5.41, 5.74) is 1.14. The molecule has 0 aliphatic carbocycles. The highest BCUT2D eigenvalue weighted by atomic mass is 79.9. The van der Waals surface area contributed by atoms with Gasteiger partial charge >= 0.3 is 6.09 Å². The number of carbonyl (C=O) groups excluding carboxylic acids is 1. The van der Waals surface area contributed by atoms with Crippen LogP contribution in [0.5, 0.6) is 0 Å². The van der Waals surface area contributed by atoms with E-state index in [4.69, 9.17) is 4.74 Å². The summed E-state index contributed by atoms with van der Waals surface area (Å²) >= 11 is 3.50. The van der Waals surface area contributed by atoms with E-state index in [2.05, 4.69) is 15.9 Å². The Kier molecular flexibility index (Phi) is 2.95. The zero-order chi connectivity index (χ0) is 10.8. The van der Waals surface area contributed by atoms with Crippen molar-refractivity contribution in [1.29, 1.82) is 0 Å². The minimum atomic E-state index is -0.248. The average molecular weight is 270 g/mol. The summed E-state index contributed by atoms with van der Waals surface area (Å²) in [6.45, 7) is 0.495. The molecule has 0 bridgehead atoms. The zero-order valence-corrected chi connectivity index (χ0v) is 10.0. The molecule has 3 nitrogen and oxygen atoms in total. The first kappa shape index (κ1) is 10.5. The lowest BCUT2D eigenvalue weighted by Gasteiger charge is -2.32. The topological polar surface area (TPSA) is 29.5 Å². The second-order valence-electron chi connectivity index (χ2n) is 3.55. The molecule has 80 valence electrons. The molecular weight excluding hydrogens is 258 g/mol. The lowest BCUT2D eigenvalue weighted by Crippen LogP contribution is -2.37. The number of halogens is 1. The normalized spacial score (nSPS) is 21.3. The predicted octanol–water partition coefficient (Wildman–Crippen LogP) is 2.96. The summed E-state index contributed by atoms with van der Waals surface area (Å²) in [4.78, 5) is 13.0. The molecule has 1 heterocycles. The first-order valence-electron chi connectivity index (χ1n) is 4.84. The number of rotatable bonds is 1. The molecule has 1 amide bonds. The van der Waals surface area contributed by atoms with Crippen LogP contribution in [0.2, 0.25) is 0 Å². The van der Waals surface area contributed by atoms with Gasteiger partial charge in [-0.1, -0.05) is 34.1 Å². The van der Waals surface area contributed by atoms with Gasteiger partial charge in [0.15, 0.2) is 0 Å². The SMILES string of the molecule is CN1C(=O)OCCC1c1ccccc1Br. The van der Waals surface area contributed by atoms with Gasteiger partial charge in [0.2, 0.25) is 0 Å². The molecule has 1 fully saturated rings. The van der Waals surface area contributed by atoms with Gasteiger partial charge in [-0.05, 0) is 11.6 Å². The molecule has 1 aromatic carbocycles. The monoisotopic (exact) mass is 269 g/mol. The van der Waals surface area contributed by atoms with Crippen LogP contribution in [0, 0.1) is 0 Å². The van der Waals surface area contributed by atoms with E-state index in [-0.39, 0.29) is 12.1 Å². The van der Waals surface area contributed by atoms with E-state index in [1.807, 2.05) is 24.3 Å². The zero-order valence-electron chi connectivity index (χ0n) is 8.44. The summed E-state index contributed by atoms with van der Waals surface area (Å²) in [5, 5.41) is 0. The molecule has 0 radical (unpaired) electrons. The average Bonchev–Trinajstić information content (AvgIpc) is 2.23. The number of benzene rings is 1. The van der Waals surface area contributed by atoms with E-state index < -0.39 is 0 Å². The van der Waals surface area contributed by atoms with Crippen molar-refractivity contribution in [2.75, 3.05) is 13.7 Å². The van der Waals surface area contributed by atoms with Crippen molar-refractivity contribution in [3.8, 4) is 0 Å². The van der Waals surface area contributed by atoms with Gasteiger partial charge in [0.25, 0.3) is 0 Å². The van der Waals surface area contributed by atoms with E-state index in [0.29, 0.717) is 6.61 Å². The number of amides is 1.